The van der Waals surface area contributed by atoms with Crippen molar-refractivity contribution in [1.29, 1.82) is 0 Å². The SMILES string of the molecule is CCn1nc(C)cc1C(Cc1cccs1)NC. The van der Waals surface area contributed by atoms with E-state index in [1.54, 1.807) is 0 Å². The van der Waals surface area contributed by atoms with Gasteiger partial charge in [-0.3, -0.25) is 4.68 Å². The van der Waals surface area contributed by atoms with E-state index in [0.29, 0.717) is 6.04 Å². The van der Waals surface area contributed by atoms with E-state index in [1.165, 1.54) is 10.6 Å². The van der Waals surface area contributed by atoms with Gasteiger partial charge in [-0.1, -0.05) is 6.07 Å². The predicted octanol–water partition coefficient (Wildman–Crippen LogP) is 2.78. The summed E-state index contributed by atoms with van der Waals surface area (Å²) >= 11 is 1.81. The minimum absolute atomic E-state index is 0.342. The molecule has 0 saturated heterocycles. The van der Waals surface area contributed by atoms with Crippen LogP contribution in [-0.2, 0) is 13.0 Å². The van der Waals surface area contributed by atoms with Gasteiger partial charge in [0, 0.05) is 17.8 Å². The average Bonchev–Trinajstić information content (AvgIpc) is 2.94. The quantitative estimate of drug-likeness (QED) is 0.883. The number of likely N-dealkylation sites (N-methyl/N-ethyl adjacent to an activating group) is 1. The van der Waals surface area contributed by atoms with Crippen LogP contribution in [0.2, 0.25) is 0 Å². The van der Waals surface area contributed by atoms with Crippen molar-refractivity contribution in [3.8, 4) is 0 Å². The Bertz CT molecular complexity index is 459. The first kappa shape index (κ1) is 12.3. The van der Waals surface area contributed by atoms with Crippen molar-refractivity contribution < 1.29 is 0 Å². The number of hydrogen-bond donors (Lipinski definition) is 1. The van der Waals surface area contributed by atoms with Crippen LogP contribution in [0.3, 0.4) is 0 Å². The van der Waals surface area contributed by atoms with E-state index in [1.807, 2.05) is 25.3 Å². The minimum atomic E-state index is 0.342. The first-order chi connectivity index (χ1) is 8.24. The van der Waals surface area contributed by atoms with E-state index in [-0.39, 0.29) is 0 Å². The summed E-state index contributed by atoms with van der Waals surface area (Å²) in [5, 5.41) is 10.0. The lowest BCUT2D eigenvalue weighted by molar-refractivity contribution is 0.515. The predicted molar refractivity (Wildman–Crippen MR) is 72.5 cm³/mol. The van der Waals surface area contributed by atoms with E-state index in [2.05, 4.69) is 45.6 Å². The summed E-state index contributed by atoms with van der Waals surface area (Å²) in [6.07, 6.45) is 1.03. The molecule has 0 amide bonds. The van der Waals surface area contributed by atoms with E-state index in [4.69, 9.17) is 0 Å². The Morgan fingerprint density at radius 3 is 2.94 bits per heavy atom. The second kappa shape index (κ2) is 5.47. The number of aromatic nitrogens is 2. The molecule has 2 aromatic rings. The normalized spacial score (nSPS) is 12.9. The van der Waals surface area contributed by atoms with Crippen LogP contribution in [0.25, 0.3) is 0 Å². The van der Waals surface area contributed by atoms with Crippen molar-refractivity contribution in [3.05, 3.63) is 39.8 Å². The molecule has 0 spiro atoms. The molecule has 1 unspecified atom stereocenters. The van der Waals surface area contributed by atoms with Crippen molar-refractivity contribution in [2.45, 2.75) is 32.9 Å². The molecule has 0 fully saturated rings. The van der Waals surface area contributed by atoms with E-state index in [9.17, 15) is 0 Å². The van der Waals surface area contributed by atoms with Gasteiger partial charge < -0.3 is 5.32 Å². The summed E-state index contributed by atoms with van der Waals surface area (Å²) in [6, 6.07) is 6.82. The van der Waals surface area contributed by atoms with E-state index in [0.717, 1.165) is 18.7 Å². The summed E-state index contributed by atoms with van der Waals surface area (Å²) < 4.78 is 2.09. The second-order valence-corrected chi connectivity index (χ2v) is 5.18. The van der Waals surface area contributed by atoms with Gasteiger partial charge in [0.25, 0.3) is 0 Å². The molecule has 17 heavy (non-hydrogen) atoms. The molecule has 92 valence electrons. The molecule has 2 heterocycles. The monoisotopic (exact) mass is 249 g/mol. The molecule has 0 aliphatic carbocycles. The topological polar surface area (TPSA) is 29.9 Å². The Balaban J connectivity index is 2.22. The van der Waals surface area contributed by atoms with Crippen molar-refractivity contribution in [2.75, 3.05) is 7.05 Å². The minimum Gasteiger partial charge on any atom is -0.311 e. The van der Waals surface area contributed by atoms with Crippen LogP contribution in [0.5, 0.6) is 0 Å². The smallest absolute Gasteiger partial charge is 0.0597 e. The van der Waals surface area contributed by atoms with Crippen molar-refractivity contribution in [3.63, 3.8) is 0 Å². The third-order valence-corrected chi connectivity index (χ3v) is 3.82. The standard InChI is InChI=1S/C13H19N3S/c1-4-16-13(8-10(2)15-16)12(14-3)9-11-6-5-7-17-11/h5-8,12,14H,4,9H2,1-3H3. The number of aryl methyl sites for hydroxylation is 2. The molecule has 0 aliphatic heterocycles. The van der Waals surface area contributed by atoms with Gasteiger partial charge in [-0.25, -0.2) is 0 Å². The van der Waals surface area contributed by atoms with Crippen molar-refractivity contribution in [1.82, 2.24) is 15.1 Å². The van der Waals surface area contributed by atoms with Gasteiger partial charge in [0.15, 0.2) is 0 Å². The summed E-state index contributed by atoms with van der Waals surface area (Å²) in [7, 11) is 2.01. The summed E-state index contributed by atoms with van der Waals surface area (Å²) in [6.45, 7) is 5.10. The molecular weight excluding hydrogens is 230 g/mol. The maximum Gasteiger partial charge on any atom is 0.0597 e. The second-order valence-electron chi connectivity index (χ2n) is 4.15. The zero-order valence-corrected chi connectivity index (χ0v) is 11.4. The number of hydrogen-bond acceptors (Lipinski definition) is 3. The fourth-order valence-corrected chi connectivity index (χ4v) is 2.84. The zero-order valence-electron chi connectivity index (χ0n) is 10.6. The van der Waals surface area contributed by atoms with Crippen LogP contribution >= 0.6 is 11.3 Å². The Morgan fingerprint density at radius 2 is 2.35 bits per heavy atom. The Morgan fingerprint density at radius 1 is 1.53 bits per heavy atom. The molecule has 0 radical (unpaired) electrons. The highest BCUT2D eigenvalue weighted by molar-refractivity contribution is 7.09. The summed E-state index contributed by atoms with van der Waals surface area (Å²) in [5.74, 6) is 0. The third kappa shape index (κ3) is 2.76. The van der Waals surface area contributed by atoms with Crippen LogP contribution in [0.4, 0.5) is 0 Å². The number of nitrogens with one attached hydrogen (secondary N) is 1. The van der Waals surface area contributed by atoms with E-state index >= 15 is 0 Å². The summed E-state index contributed by atoms with van der Waals surface area (Å²) in [5.41, 5.74) is 2.37. The van der Waals surface area contributed by atoms with Gasteiger partial charge in [-0.05, 0) is 38.4 Å². The van der Waals surface area contributed by atoms with Crippen LogP contribution in [0.1, 0.15) is 29.2 Å². The molecule has 0 aliphatic rings. The highest BCUT2D eigenvalue weighted by Crippen LogP contribution is 2.21. The Labute approximate surface area is 106 Å². The Hall–Kier alpha value is -1.13. The lowest BCUT2D eigenvalue weighted by Crippen LogP contribution is -2.22. The van der Waals surface area contributed by atoms with Crippen LogP contribution < -0.4 is 5.32 Å². The van der Waals surface area contributed by atoms with Gasteiger partial charge in [-0.2, -0.15) is 5.10 Å². The van der Waals surface area contributed by atoms with Gasteiger partial charge in [-0.15, -0.1) is 11.3 Å². The third-order valence-electron chi connectivity index (χ3n) is 2.92. The fourth-order valence-electron chi connectivity index (χ4n) is 2.08. The maximum absolute atomic E-state index is 4.51. The zero-order chi connectivity index (χ0) is 12.3. The molecule has 0 saturated carbocycles. The van der Waals surface area contributed by atoms with Crippen LogP contribution in [-0.4, -0.2) is 16.8 Å². The first-order valence-electron chi connectivity index (χ1n) is 5.98. The molecule has 4 heteroatoms. The molecule has 2 rings (SSSR count). The van der Waals surface area contributed by atoms with Gasteiger partial charge in [0.2, 0.25) is 0 Å². The molecule has 0 bridgehead atoms. The highest BCUT2D eigenvalue weighted by atomic mass is 32.1. The van der Waals surface area contributed by atoms with E-state index < -0.39 is 0 Å². The maximum atomic E-state index is 4.51. The Kier molecular flexibility index (Phi) is 3.97. The van der Waals surface area contributed by atoms with Gasteiger partial charge >= 0.3 is 0 Å². The van der Waals surface area contributed by atoms with Crippen LogP contribution in [0.15, 0.2) is 23.6 Å². The molecule has 2 aromatic heterocycles. The lowest BCUT2D eigenvalue weighted by atomic mass is 10.1. The molecule has 1 N–H and O–H groups in total. The lowest BCUT2D eigenvalue weighted by Gasteiger charge is -2.16. The first-order valence-corrected chi connectivity index (χ1v) is 6.86. The highest BCUT2D eigenvalue weighted by Gasteiger charge is 2.16. The number of thiophene rings is 1. The number of rotatable bonds is 5. The van der Waals surface area contributed by atoms with Crippen molar-refractivity contribution in [2.24, 2.45) is 0 Å². The summed E-state index contributed by atoms with van der Waals surface area (Å²) in [4.78, 5) is 1.41. The fraction of sp³-hybridized carbons (Fsp3) is 0.462. The molecular formula is C13H19N3S. The van der Waals surface area contributed by atoms with Crippen molar-refractivity contribution >= 4 is 11.3 Å². The average molecular weight is 249 g/mol. The van der Waals surface area contributed by atoms with Gasteiger partial charge in [0.1, 0.15) is 0 Å². The number of nitrogens with zero attached hydrogens (tertiary/aromatic N) is 2. The molecule has 1 atom stereocenters. The largest absolute Gasteiger partial charge is 0.311 e. The molecule has 3 nitrogen and oxygen atoms in total. The molecule has 0 aromatic carbocycles. The van der Waals surface area contributed by atoms with Crippen LogP contribution in [0, 0.1) is 6.92 Å². The van der Waals surface area contributed by atoms with Gasteiger partial charge in [0.05, 0.1) is 17.4 Å².